The van der Waals surface area contributed by atoms with Crippen LogP contribution in [0, 0.1) is 0 Å². The number of hydrogen-bond acceptors (Lipinski definition) is 1. The van der Waals surface area contributed by atoms with E-state index in [1.54, 1.807) is 0 Å². The van der Waals surface area contributed by atoms with Crippen molar-refractivity contribution in [2.45, 2.75) is 40.7 Å². The van der Waals surface area contributed by atoms with Gasteiger partial charge in [0.1, 0.15) is 0 Å². The summed E-state index contributed by atoms with van der Waals surface area (Å²) in [6.45, 7) is 8.69. The molecule has 1 amide bonds. The number of carbonyl (C=O) groups is 1. The zero-order valence-electron chi connectivity index (χ0n) is 10.1. The molecular weight excluding hydrogens is 186 g/mol. The number of amides is 1. The number of hydrogen-bond donors (Lipinski definition) is 1. The zero-order valence-corrected chi connectivity index (χ0v) is 10.1. The van der Waals surface area contributed by atoms with E-state index in [2.05, 4.69) is 11.4 Å². The molecule has 0 atom stereocenters. The average Bonchev–Trinajstić information content (AvgIpc) is 2.34. The summed E-state index contributed by atoms with van der Waals surface area (Å²) < 4.78 is 0. The molecule has 1 heterocycles. The van der Waals surface area contributed by atoms with Crippen molar-refractivity contribution in [2.75, 3.05) is 0 Å². The van der Waals surface area contributed by atoms with E-state index in [-0.39, 0.29) is 5.91 Å². The maximum Gasteiger partial charge on any atom is 0.224 e. The summed E-state index contributed by atoms with van der Waals surface area (Å²) in [6, 6.07) is 8.02. The van der Waals surface area contributed by atoms with Crippen molar-refractivity contribution in [1.29, 1.82) is 0 Å². The number of rotatable bonds is 0. The highest BCUT2D eigenvalue weighted by Gasteiger charge is 2.12. The molecule has 0 unspecified atom stereocenters. The van der Waals surface area contributed by atoms with Gasteiger partial charge in [0.05, 0.1) is 6.42 Å². The number of carbonyl (C=O) groups excluding carboxylic acids is 1. The maximum absolute atomic E-state index is 10.9. The zero-order chi connectivity index (χ0) is 11.7. The summed E-state index contributed by atoms with van der Waals surface area (Å²) in [5, 5.41) is 2.80. The van der Waals surface area contributed by atoms with Crippen molar-refractivity contribution in [2.24, 2.45) is 0 Å². The van der Waals surface area contributed by atoms with Gasteiger partial charge in [0.2, 0.25) is 5.91 Å². The van der Waals surface area contributed by atoms with Crippen LogP contribution < -0.4 is 5.32 Å². The molecule has 2 rings (SSSR count). The summed E-state index contributed by atoms with van der Waals surface area (Å²) in [4.78, 5) is 10.9. The smallest absolute Gasteiger partial charge is 0.224 e. The lowest BCUT2D eigenvalue weighted by Gasteiger charge is -2.15. The van der Waals surface area contributed by atoms with Gasteiger partial charge in [0.15, 0.2) is 0 Å². The normalized spacial score (nSPS) is 12.1. The van der Waals surface area contributed by atoms with E-state index >= 15 is 0 Å². The van der Waals surface area contributed by atoms with Crippen LogP contribution in [0.5, 0.6) is 0 Å². The standard InChI is InChI=1S/C9H9NO.2C2H6/c11-9-5-7-3-1-2-4-8(7)6-10-9;2*1-2/h1-4H,5-6H2,(H,10,11);2*1-2H3. The molecule has 0 fully saturated rings. The second kappa shape index (κ2) is 8.04. The first-order valence-corrected chi connectivity index (χ1v) is 5.70. The quantitative estimate of drug-likeness (QED) is 0.696. The van der Waals surface area contributed by atoms with E-state index in [0.29, 0.717) is 13.0 Å². The Balaban J connectivity index is 0.000000442. The monoisotopic (exact) mass is 207 g/mol. The van der Waals surface area contributed by atoms with E-state index < -0.39 is 0 Å². The molecule has 0 spiro atoms. The summed E-state index contributed by atoms with van der Waals surface area (Å²) >= 11 is 0. The Morgan fingerprint density at radius 1 is 1.00 bits per heavy atom. The predicted octanol–water partition coefficient (Wildman–Crippen LogP) is 2.91. The van der Waals surface area contributed by atoms with Crippen LogP contribution in [-0.2, 0) is 17.8 Å². The van der Waals surface area contributed by atoms with E-state index in [4.69, 9.17) is 0 Å². The van der Waals surface area contributed by atoms with E-state index in [9.17, 15) is 4.79 Å². The highest BCUT2D eigenvalue weighted by atomic mass is 16.1. The Kier molecular flexibility index (Phi) is 7.33. The van der Waals surface area contributed by atoms with Gasteiger partial charge in [-0.05, 0) is 11.1 Å². The minimum atomic E-state index is 0.128. The van der Waals surface area contributed by atoms with Gasteiger partial charge in [0, 0.05) is 6.54 Å². The second-order valence-electron chi connectivity index (χ2n) is 2.72. The Hall–Kier alpha value is -1.31. The third-order valence-electron chi connectivity index (χ3n) is 1.95. The lowest BCUT2D eigenvalue weighted by atomic mass is 10.0. The molecule has 1 aliphatic rings. The molecule has 2 heteroatoms. The van der Waals surface area contributed by atoms with Gasteiger partial charge in [-0.15, -0.1) is 0 Å². The lowest BCUT2D eigenvalue weighted by molar-refractivity contribution is -0.121. The van der Waals surface area contributed by atoms with E-state index in [1.807, 2.05) is 45.9 Å². The third kappa shape index (κ3) is 4.15. The van der Waals surface area contributed by atoms with Crippen molar-refractivity contribution >= 4 is 5.91 Å². The fraction of sp³-hybridized carbons (Fsp3) is 0.462. The van der Waals surface area contributed by atoms with Gasteiger partial charge < -0.3 is 5.32 Å². The molecule has 84 valence electrons. The van der Waals surface area contributed by atoms with Crippen LogP contribution in [0.2, 0.25) is 0 Å². The highest BCUT2D eigenvalue weighted by Crippen LogP contribution is 2.12. The van der Waals surface area contributed by atoms with Crippen LogP contribution in [-0.4, -0.2) is 5.91 Å². The molecule has 0 bridgehead atoms. The Bertz CT molecular complexity index is 294. The number of fused-ring (bicyclic) bond motifs is 1. The molecule has 15 heavy (non-hydrogen) atoms. The van der Waals surface area contributed by atoms with Gasteiger partial charge in [0.25, 0.3) is 0 Å². The first-order chi connectivity index (χ1) is 7.36. The molecule has 0 aromatic heterocycles. The number of benzene rings is 1. The van der Waals surface area contributed by atoms with Crippen molar-refractivity contribution in [3.05, 3.63) is 35.4 Å². The largest absolute Gasteiger partial charge is 0.352 e. The van der Waals surface area contributed by atoms with Gasteiger partial charge in [-0.3, -0.25) is 4.79 Å². The molecule has 0 saturated carbocycles. The molecule has 0 aliphatic carbocycles. The van der Waals surface area contributed by atoms with Crippen molar-refractivity contribution in [3.63, 3.8) is 0 Å². The fourth-order valence-electron chi connectivity index (χ4n) is 1.33. The second-order valence-corrected chi connectivity index (χ2v) is 2.72. The molecule has 1 aliphatic heterocycles. The van der Waals surface area contributed by atoms with Crippen molar-refractivity contribution in [3.8, 4) is 0 Å². The lowest BCUT2D eigenvalue weighted by Crippen LogP contribution is -2.29. The minimum absolute atomic E-state index is 0.128. The molecule has 0 saturated heterocycles. The van der Waals surface area contributed by atoms with Crippen LogP contribution in [0.1, 0.15) is 38.8 Å². The Morgan fingerprint density at radius 2 is 1.53 bits per heavy atom. The third-order valence-corrected chi connectivity index (χ3v) is 1.95. The van der Waals surface area contributed by atoms with Crippen LogP contribution in [0.25, 0.3) is 0 Å². The Morgan fingerprint density at radius 3 is 2.13 bits per heavy atom. The first kappa shape index (κ1) is 13.7. The van der Waals surface area contributed by atoms with E-state index in [1.165, 1.54) is 5.56 Å². The van der Waals surface area contributed by atoms with E-state index in [0.717, 1.165) is 5.56 Å². The topological polar surface area (TPSA) is 29.1 Å². The van der Waals surface area contributed by atoms with Gasteiger partial charge in [-0.1, -0.05) is 52.0 Å². The number of nitrogens with one attached hydrogen (secondary N) is 1. The average molecular weight is 207 g/mol. The Labute approximate surface area is 92.7 Å². The highest BCUT2D eigenvalue weighted by molar-refractivity contribution is 5.80. The molecule has 1 aromatic carbocycles. The van der Waals surface area contributed by atoms with Gasteiger partial charge in [-0.25, -0.2) is 0 Å². The maximum atomic E-state index is 10.9. The summed E-state index contributed by atoms with van der Waals surface area (Å²) in [5.41, 5.74) is 2.41. The molecule has 0 radical (unpaired) electrons. The van der Waals surface area contributed by atoms with Gasteiger partial charge in [-0.2, -0.15) is 0 Å². The van der Waals surface area contributed by atoms with Crippen molar-refractivity contribution < 1.29 is 4.79 Å². The summed E-state index contributed by atoms with van der Waals surface area (Å²) in [7, 11) is 0. The molecule has 1 aromatic rings. The van der Waals surface area contributed by atoms with Crippen LogP contribution in [0.3, 0.4) is 0 Å². The van der Waals surface area contributed by atoms with Crippen LogP contribution >= 0.6 is 0 Å². The predicted molar refractivity (Wildman–Crippen MR) is 64.7 cm³/mol. The van der Waals surface area contributed by atoms with Crippen LogP contribution in [0.4, 0.5) is 0 Å². The summed E-state index contributed by atoms with van der Waals surface area (Å²) in [5.74, 6) is 0.128. The minimum Gasteiger partial charge on any atom is -0.352 e. The van der Waals surface area contributed by atoms with Gasteiger partial charge >= 0.3 is 0 Å². The van der Waals surface area contributed by atoms with Crippen LogP contribution in [0.15, 0.2) is 24.3 Å². The SMILES string of the molecule is CC.CC.O=C1Cc2ccccc2CN1. The fourth-order valence-corrected chi connectivity index (χ4v) is 1.33. The summed E-state index contributed by atoms with van der Waals surface area (Å²) in [6.07, 6.45) is 0.538. The molecular formula is C13H21NO. The molecule has 1 N–H and O–H groups in total. The first-order valence-electron chi connectivity index (χ1n) is 5.70. The molecule has 2 nitrogen and oxygen atoms in total. The van der Waals surface area contributed by atoms with Crippen molar-refractivity contribution in [1.82, 2.24) is 5.32 Å².